The van der Waals surface area contributed by atoms with Crippen LogP contribution in [-0.4, -0.2) is 45.3 Å². The Kier molecular flexibility index (Phi) is 10.1. The molecule has 0 spiro atoms. The molecular weight excluding hydrogens is 127 g/mol. The van der Waals surface area contributed by atoms with E-state index >= 15 is 0 Å². The Labute approximate surface area is 65.9 Å². The molecule has 0 aromatic rings. The minimum absolute atomic E-state index is 0. The molecule has 0 heterocycles. The Morgan fingerprint density at radius 1 is 1.29 bits per heavy atom. The first kappa shape index (κ1) is 10.6. The van der Waals surface area contributed by atoms with Crippen LogP contribution in [0.5, 0.6) is 0 Å². The van der Waals surface area contributed by atoms with Crippen molar-refractivity contribution in [2.45, 2.75) is 0 Å². The molecule has 7 heavy (non-hydrogen) atoms. The van der Waals surface area contributed by atoms with Crippen LogP contribution < -0.4 is 0 Å². The van der Waals surface area contributed by atoms with Gasteiger partial charge in [-0.2, -0.15) is 0 Å². The minimum atomic E-state index is -1.90. The van der Waals surface area contributed by atoms with Gasteiger partial charge in [-0.1, -0.05) is 0 Å². The molecule has 0 aliphatic rings. The van der Waals surface area contributed by atoms with Crippen molar-refractivity contribution in [3.05, 3.63) is 0 Å². The first-order valence-corrected chi connectivity index (χ1v) is 2.39. The third-order valence-corrected chi connectivity index (χ3v) is 0.569. The van der Waals surface area contributed by atoms with Crippen molar-refractivity contribution >= 4 is 52.0 Å². The Bertz CT molecular complexity index is 58.0. The summed E-state index contributed by atoms with van der Waals surface area (Å²) in [5.74, 6) is 0. The summed E-state index contributed by atoms with van der Waals surface area (Å²) in [5, 5.41) is 0. The SMILES string of the molecule is O=C[S+]([O-])C=O.[NaH]. The topological polar surface area (TPSA) is 57.2 Å². The van der Waals surface area contributed by atoms with E-state index in [9.17, 15) is 14.1 Å². The van der Waals surface area contributed by atoms with E-state index in [0.29, 0.717) is 0 Å². The van der Waals surface area contributed by atoms with Crippen LogP contribution in [0.4, 0.5) is 0 Å². The van der Waals surface area contributed by atoms with Gasteiger partial charge in [0.05, 0.1) is 11.2 Å². The van der Waals surface area contributed by atoms with Crippen LogP contribution in [-0.2, 0) is 20.8 Å². The molecule has 0 aromatic carbocycles. The zero-order valence-corrected chi connectivity index (χ0v) is 3.60. The van der Waals surface area contributed by atoms with Crippen LogP contribution in [0.2, 0.25) is 0 Å². The standard InChI is InChI=1S/C2H2O3S.Na.H/c3-1-6(5)2-4;;/h1-2H;;. The first-order valence-electron chi connectivity index (χ1n) is 1.11. The van der Waals surface area contributed by atoms with Gasteiger partial charge in [0.15, 0.2) is 0 Å². The Morgan fingerprint density at radius 2 is 1.57 bits per heavy atom. The van der Waals surface area contributed by atoms with Gasteiger partial charge in [0, 0.05) is 0 Å². The summed E-state index contributed by atoms with van der Waals surface area (Å²) in [6.07, 6.45) is 0. The molecular formula is C2H3NaO3S. The van der Waals surface area contributed by atoms with Crippen LogP contribution in [0, 0.1) is 0 Å². The average Bonchev–Trinajstić information content (AvgIpc) is 1.65. The molecule has 0 saturated carbocycles. The summed E-state index contributed by atoms with van der Waals surface area (Å²) in [5.41, 5.74) is 0.153. The molecule has 0 radical (unpaired) electrons. The molecule has 0 rings (SSSR count). The summed E-state index contributed by atoms with van der Waals surface area (Å²) >= 11 is -1.90. The zero-order chi connectivity index (χ0) is 4.99. The van der Waals surface area contributed by atoms with Gasteiger partial charge in [0.2, 0.25) is 0 Å². The average molecular weight is 130 g/mol. The van der Waals surface area contributed by atoms with Gasteiger partial charge in [-0.3, -0.25) is 0 Å². The fraction of sp³-hybridized carbons (Fsp3) is 0. The Morgan fingerprint density at radius 3 is 1.57 bits per heavy atom. The summed E-state index contributed by atoms with van der Waals surface area (Å²) in [4.78, 5) is 18.4. The molecule has 0 aliphatic heterocycles. The molecule has 0 atom stereocenters. The van der Waals surface area contributed by atoms with Crippen molar-refractivity contribution < 1.29 is 14.1 Å². The van der Waals surface area contributed by atoms with Crippen molar-refractivity contribution in [2.24, 2.45) is 0 Å². The van der Waals surface area contributed by atoms with E-state index in [4.69, 9.17) is 0 Å². The Hall–Kier alpha value is 0.650. The number of rotatable bonds is 2. The maximum atomic E-state index is 9.56. The second-order valence-electron chi connectivity index (χ2n) is 0.521. The molecule has 36 valence electrons. The van der Waals surface area contributed by atoms with Gasteiger partial charge in [-0.15, -0.1) is 0 Å². The van der Waals surface area contributed by atoms with E-state index in [0.717, 1.165) is 0 Å². The van der Waals surface area contributed by atoms with E-state index in [1.54, 1.807) is 0 Å². The molecule has 5 heteroatoms. The maximum absolute atomic E-state index is 9.56. The normalized spacial score (nSPS) is 7.14. The van der Waals surface area contributed by atoms with Gasteiger partial charge >= 0.3 is 40.8 Å². The van der Waals surface area contributed by atoms with Crippen molar-refractivity contribution in [1.82, 2.24) is 0 Å². The first-order chi connectivity index (χ1) is 2.81. The van der Waals surface area contributed by atoms with E-state index in [1.807, 2.05) is 0 Å². The summed E-state index contributed by atoms with van der Waals surface area (Å²) in [7, 11) is 0. The zero-order valence-electron chi connectivity index (χ0n) is 2.79. The fourth-order valence-electron chi connectivity index (χ4n) is 0.0227. The molecule has 0 bridgehead atoms. The number of carbonyl (C=O) groups is 2. The van der Waals surface area contributed by atoms with Gasteiger partial charge < -0.3 is 4.55 Å². The van der Waals surface area contributed by atoms with E-state index in [1.165, 1.54) is 0 Å². The van der Waals surface area contributed by atoms with Crippen LogP contribution >= 0.6 is 0 Å². The van der Waals surface area contributed by atoms with E-state index in [-0.39, 0.29) is 40.8 Å². The van der Waals surface area contributed by atoms with E-state index < -0.39 is 11.2 Å². The molecule has 3 nitrogen and oxygen atoms in total. The van der Waals surface area contributed by atoms with E-state index in [2.05, 4.69) is 0 Å². The van der Waals surface area contributed by atoms with Crippen LogP contribution in [0.3, 0.4) is 0 Å². The van der Waals surface area contributed by atoms with Crippen LogP contribution in [0.25, 0.3) is 0 Å². The number of hydrogen-bond acceptors (Lipinski definition) is 3. The molecule has 0 unspecified atom stereocenters. The second-order valence-corrected chi connectivity index (χ2v) is 1.56. The predicted octanol–water partition coefficient (Wildman–Crippen LogP) is -1.53. The number of hydrogen-bond donors (Lipinski definition) is 0. The number of carbonyl (C=O) groups excluding carboxylic acids is 2. The van der Waals surface area contributed by atoms with Crippen LogP contribution in [0.1, 0.15) is 0 Å². The van der Waals surface area contributed by atoms with Crippen molar-refractivity contribution in [2.75, 3.05) is 0 Å². The molecule has 0 amide bonds. The van der Waals surface area contributed by atoms with Crippen molar-refractivity contribution in [3.8, 4) is 0 Å². The predicted molar refractivity (Wildman–Crippen MR) is 28.8 cm³/mol. The summed E-state index contributed by atoms with van der Waals surface area (Å²) in [6, 6.07) is 0. The quantitative estimate of drug-likeness (QED) is 0.259. The molecule has 0 fully saturated rings. The van der Waals surface area contributed by atoms with Gasteiger partial charge in [0.25, 0.3) is 0 Å². The monoisotopic (exact) mass is 130 g/mol. The molecule has 0 saturated heterocycles. The fourth-order valence-corrected chi connectivity index (χ4v) is 0.0680. The summed E-state index contributed by atoms with van der Waals surface area (Å²) < 4.78 is 9.56. The molecule has 0 N–H and O–H groups in total. The molecule has 0 aliphatic carbocycles. The summed E-state index contributed by atoms with van der Waals surface area (Å²) in [6.45, 7) is 0. The second kappa shape index (κ2) is 6.65. The van der Waals surface area contributed by atoms with Crippen LogP contribution in [0.15, 0.2) is 0 Å². The van der Waals surface area contributed by atoms with Gasteiger partial charge in [-0.05, 0) is 0 Å². The Balaban J connectivity index is 0. The van der Waals surface area contributed by atoms with Gasteiger partial charge in [0.1, 0.15) is 0 Å². The van der Waals surface area contributed by atoms with Crippen molar-refractivity contribution in [1.29, 1.82) is 0 Å². The van der Waals surface area contributed by atoms with Crippen molar-refractivity contribution in [3.63, 3.8) is 0 Å². The van der Waals surface area contributed by atoms with Gasteiger partial charge in [-0.25, -0.2) is 9.59 Å². The third-order valence-electron chi connectivity index (χ3n) is 0.190. The molecule has 0 aromatic heterocycles. The third kappa shape index (κ3) is 6.65.